The number of nitrogens with zero attached hydrogens (tertiary/aromatic N) is 2. The molecule has 2 nitrogen and oxygen atoms in total. The molecular weight excluding hydrogens is 422 g/mol. The first-order chi connectivity index (χ1) is 10.1. The van der Waals surface area contributed by atoms with Crippen LogP contribution >= 0.6 is 43.5 Å². The Balaban J connectivity index is 2.08. The van der Waals surface area contributed by atoms with Gasteiger partial charge in [-0.15, -0.1) is 0 Å². The second-order valence-electron chi connectivity index (χ2n) is 5.15. The van der Waals surface area contributed by atoms with Crippen molar-refractivity contribution in [2.45, 2.75) is 31.6 Å². The van der Waals surface area contributed by atoms with Crippen molar-refractivity contribution in [2.75, 3.05) is 0 Å². The third-order valence-electron chi connectivity index (χ3n) is 3.76. The van der Waals surface area contributed by atoms with Crippen LogP contribution in [0.2, 0.25) is 5.15 Å². The lowest BCUT2D eigenvalue weighted by Gasteiger charge is -2.13. The Morgan fingerprint density at radius 1 is 1.14 bits per heavy atom. The summed E-state index contributed by atoms with van der Waals surface area (Å²) in [6.07, 6.45) is 4.68. The fraction of sp³-hybridized carbons (Fsp3) is 0.333. The highest BCUT2D eigenvalue weighted by Gasteiger charge is 2.23. The molecule has 6 heteroatoms. The van der Waals surface area contributed by atoms with Gasteiger partial charge < -0.3 is 0 Å². The highest BCUT2D eigenvalue weighted by molar-refractivity contribution is 9.10. The molecule has 0 unspecified atom stereocenters. The summed E-state index contributed by atoms with van der Waals surface area (Å²) >= 11 is 12.9. The molecule has 1 aromatic carbocycles. The lowest BCUT2D eigenvalue weighted by Crippen LogP contribution is -2.03. The minimum atomic E-state index is -0.307. The van der Waals surface area contributed by atoms with Crippen LogP contribution in [0.4, 0.5) is 4.39 Å². The fourth-order valence-corrected chi connectivity index (χ4v) is 3.73. The normalized spacial score (nSPS) is 15.6. The van der Waals surface area contributed by atoms with E-state index in [4.69, 9.17) is 11.6 Å². The van der Waals surface area contributed by atoms with Crippen LogP contribution < -0.4 is 0 Å². The first-order valence-corrected chi connectivity index (χ1v) is 8.71. The summed E-state index contributed by atoms with van der Waals surface area (Å²) in [6, 6.07) is 4.74. The topological polar surface area (TPSA) is 25.8 Å². The molecule has 1 saturated carbocycles. The van der Waals surface area contributed by atoms with Gasteiger partial charge in [-0.3, -0.25) is 0 Å². The van der Waals surface area contributed by atoms with E-state index in [2.05, 4.69) is 41.8 Å². The Labute approximate surface area is 144 Å². The maximum atomic E-state index is 13.4. The average molecular weight is 435 g/mol. The van der Waals surface area contributed by atoms with E-state index < -0.39 is 0 Å². The van der Waals surface area contributed by atoms with E-state index in [9.17, 15) is 4.39 Å². The second-order valence-corrected chi connectivity index (χ2v) is 7.15. The van der Waals surface area contributed by atoms with Crippen molar-refractivity contribution >= 4 is 43.5 Å². The molecule has 0 radical (unpaired) electrons. The van der Waals surface area contributed by atoms with E-state index in [1.807, 2.05) is 0 Å². The third-order valence-corrected chi connectivity index (χ3v) is 5.65. The highest BCUT2D eigenvalue weighted by Crippen LogP contribution is 2.39. The van der Waals surface area contributed by atoms with Crippen molar-refractivity contribution in [1.82, 2.24) is 9.97 Å². The van der Waals surface area contributed by atoms with E-state index in [1.54, 1.807) is 12.1 Å². The summed E-state index contributed by atoms with van der Waals surface area (Å²) < 4.78 is 14.5. The highest BCUT2D eigenvalue weighted by atomic mass is 79.9. The minimum Gasteiger partial charge on any atom is -0.231 e. The van der Waals surface area contributed by atoms with Crippen LogP contribution in [0.25, 0.3) is 11.4 Å². The SMILES string of the molecule is Fc1ccc(-c2nc(Cl)c(Br)c(C3CCCC3)n2)cc1Br. The fourth-order valence-electron chi connectivity index (χ4n) is 2.67. The van der Waals surface area contributed by atoms with E-state index >= 15 is 0 Å². The minimum absolute atomic E-state index is 0.307. The van der Waals surface area contributed by atoms with E-state index in [1.165, 1.54) is 18.9 Å². The number of rotatable bonds is 2. The lowest BCUT2D eigenvalue weighted by atomic mass is 10.0. The van der Waals surface area contributed by atoms with Crippen LogP contribution in [0.15, 0.2) is 27.1 Å². The summed E-state index contributed by atoms with van der Waals surface area (Å²) in [5.74, 6) is 0.645. The van der Waals surface area contributed by atoms with Crippen LogP contribution in [-0.4, -0.2) is 9.97 Å². The summed E-state index contributed by atoms with van der Waals surface area (Å²) in [6.45, 7) is 0. The Hall–Kier alpha value is -0.520. The number of halogens is 4. The van der Waals surface area contributed by atoms with Gasteiger partial charge in [0.1, 0.15) is 11.0 Å². The van der Waals surface area contributed by atoms with Crippen LogP contribution in [-0.2, 0) is 0 Å². The van der Waals surface area contributed by atoms with Gasteiger partial charge in [0.15, 0.2) is 5.82 Å². The lowest BCUT2D eigenvalue weighted by molar-refractivity contribution is 0.621. The molecule has 110 valence electrons. The molecule has 2 aromatic rings. The maximum Gasteiger partial charge on any atom is 0.161 e. The van der Waals surface area contributed by atoms with E-state index in [-0.39, 0.29) is 5.82 Å². The van der Waals surface area contributed by atoms with Gasteiger partial charge in [0.05, 0.1) is 14.6 Å². The largest absolute Gasteiger partial charge is 0.231 e. The van der Waals surface area contributed by atoms with Crippen molar-refractivity contribution in [3.05, 3.63) is 43.8 Å². The number of benzene rings is 1. The van der Waals surface area contributed by atoms with Crippen molar-refractivity contribution in [1.29, 1.82) is 0 Å². The van der Waals surface area contributed by atoms with Gasteiger partial charge in [-0.2, -0.15) is 0 Å². The molecule has 1 aliphatic rings. The maximum absolute atomic E-state index is 13.4. The molecule has 0 spiro atoms. The quantitative estimate of drug-likeness (QED) is 0.532. The molecule has 0 aliphatic heterocycles. The Morgan fingerprint density at radius 2 is 1.86 bits per heavy atom. The zero-order valence-corrected chi connectivity index (χ0v) is 15.0. The van der Waals surface area contributed by atoms with Crippen LogP contribution in [0, 0.1) is 5.82 Å². The molecule has 0 saturated heterocycles. The average Bonchev–Trinajstić information content (AvgIpc) is 2.98. The molecule has 1 aromatic heterocycles. The van der Waals surface area contributed by atoms with E-state index in [0.29, 0.717) is 21.4 Å². The van der Waals surface area contributed by atoms with Gasteiger partial charge in [-0.05, 0) is 62.9 Å². The Bertz CT molecular complexity index is 688. The van der Waals surface area contributed by atoms with E-state index in [0.717, 1.165) is 28.6 Å². The van der Waals surface area contributed by atoms with Gasteiger partial charge in [-0.1, -0.05) is 24.4 Å². The third kappa shape index (κ3) is 3.15. The monoisotopic (exact) mass is 432 g/mol. The first kappa shape index (κ1) is 15.4. The Kier molecular flexibility index (Phi) is 4.62. The second kappa shape index (κ2) is 6.31. The summed E-state index contributed by atoms with van der Waals surface area (Å²) in [5.41, 5.74) is 1.71. The van der Waals surface area contributed by atoms with Gasteiger partial charge >= 0.3 is 0 Å². The molecule has 0 N–H and O–H groups in total. The standard InChI is InChI=1S/C15H12Br2ClFN2/c16-10-7-9(5-6-11(10)19)15-20-13(8-3-1-2-4-8)12(17)14(18)21-15/h5-8H,1-4H2. The van der Waals surface area contributed by atoms with Crippen LogP contribution in [0.1, 0.15) is 37.3 Å². The molecule has 0 amide bonds. The van der Waals surface area contributed by atoms with Crippen molar-refractivity contribution < 1.29 is 4.39 Å². The summed E-state index contributed by atoms with van der Waals surface area (Å²) in [7, 11) is 0. The predicted octanol–water partition coefficient (Wildman–Crippen LogP) is 6.12. The smallest absolute Gasteiger partial charge is 0.161 e. The van der Waals surface area contributed by atoms with Gasteiger partial charge in [0.25, 0.3) is 0 Å². The van der Waals surface area contributed by atoms with Gasteiger partial charge in [0, 0.05) is 11.5 Å². The summed E-state index contributed by atoms with van der Waals surface area (Å²) in [4.78, 5) is 8.98. The molecule has 1 aliphatic carbocycles. The molecule has 21 heavy (non-hydrogen) atoms. The number of aromatic nitrogens is 2. The molecular formula is C15H12Br2ClFN2. The summed E-state index contributed by atoms with van der Waals surface area (Å²) in [5, 5.41) is 0.405. The zero-order valence-electron chi connectivity index (χ0n) is 11.0. The Morgan fingerprint density at radius 3 is 2.52 bits per heavy atom. The van der Waals surface area contributed by atoms with Crippen molar-refractivity contribution in [2.24, 2.45) is 0 Å². The van der Waals surface area contributed by atoms with Crippen molar-refractivity contribution in [3.8, 4) is 11.4 Å². The van der Waals surface area contributed by atoms with Crippen molar-refractivity contribution in [3.63, 3.8) is 0 Å². The molecule has 1 fully saturated rings. The predicted molar refractivity (Wildman–Crippen MR) is 89.0 cm³/mol. The zero-order chi connectivity index (χ0) is 15.0. The molecule has 0 bridgehead atoms. The van der Waals surface area contributed by atoms with Gasteiger partial charge in [-0.25, -0.2) is 14.4 Å². The first-order valence-electron chi connectivity index (χ1n) is 6.74. The molecule has 0 atom stereocenters. The molecule has 3 rings (SSSR count). The number of hydrogen-bond donors (Lipinski definition) is 0. The molecule has 1 heterocycles. The van der Waals surface area contributed by atoms with Gasteiger partial charge in [0.2, 0.25) is 0 Å². The number of hydrogen-bond acceptors (Lipinski definition) is 2. The van der Waals surface area contributed by atoms with Crippen LogP contribution in [0.5, 0.6) is 0 Å². The van der Waals surface area contributed by atoms with Crippen LogP contribution in [0.3, 0.4) is 0 Å².